The van der Waals surface area contributed by atoms with Crippen LogP contribution in [0.4, 0.5) is 4.39 Å². The molecule has 0 rings (SSSR count). The van der Waals surface area contributed by atoms with Crippen molar-refractivity contribution in [2.45, 2.75) is 39.5 Å². The van der Waals surface area contributed by atoms with Gasteiger partial charge < -0.3 is 0 Å². The van der Waals surface area contributed by atoms with Crippen molar-refractivity contribution in [3.63, 3.8) is 0 Å². The van der Waals surface area contributed by atoms with E-state index in [4.69, 9.17) is 11.6 Å². The van der Waals surface area contributed by atoms with Crippen molar-refractivity contribution in [2.24, 2.45) is 0 Å². The Morgan fingerprint density at radius 3 is 2.50 bits per heavy atom. The molecule has 0 amide bonds. The lowest BCUT2D eigenvalue weighted by atomic mass is 10.1. The summed E-state index contributed by atoms with van der Waals surface area (Å²) in [7, 11) is 0. The SMILES string of the molecule is C=C/C(CCCCC)=C(Cl)\C(F)=C/C. The fraction of sp³-hybridized carbons (Fsp3) is 0.500. The molecule has 0 aliphatic heterocycles. The summed E-state index contributed by atoms with van der Waals surface area (Å²) >= 11 is 5.84. The zero-order valence-corrected chi connectivity index (χ0v) is 9.70. The van der Waals surface area contributed by atoms with Crippen LogP contribution in [-0.2, 0) is 0 Å². The largest absolute Gasteiger partial charge is 0.206 e. The first-order valence-electron chi connectivity index (χ1n) is 5.00. The van der Waals surface area contributed by atoms with Gasteiger partial charge in [-0.3, -0.25) is 0 Å². The lowest BCUT2D eigenvalue weighted by Crippen LogP contribution is -1.86. The zero-order valence-electron chi connectivity index (χ0n) is 8.95. The quantitative estimate of drug-likeness (QED) is 0.427. The first-order valence-corrected chi connectivity index (χ1v) is 5.38. The van der Waals surface area contributed by atoms with Crippen molar-refractivity contribution in [3.05, 3.63) is 35.2 Å². The molecule has 0 aliphatic rings. The highest BCUT2D eigenvalue weighted by Crippen LogP contribution is 2.24. The molecule has 0 spiro atoms. The highest BCUT2D eigenvalue weighted by Gasteiger charge is 2.05. The molecule has 0 fully saturated rings. The van der Waals surface area contributed by atoms with Crippen LogP contribution in [0.25, 0.3) is 0 Å². The third-order valence-electron chi connectivity index (χ3n) is 2.04. The second-order valence-corrected chi connectivity index (χ2v) is 3.52. The van der Waals surface area contributed by atoms with Crippen LogP contribution in [0.3, 0.4) is 0 Å². The number of hydrogen-bond donors (Lipinski definition) is 0. The second-order valence-electron chi connectivity index (χ2n) is 3.14. The average Bonchev–Trinajstić information content (AvgIpc) is 2.22. The minimum Gasteiger partial charge on any atom is -0.206 e. The Labute approximate surface area is 91.2 Å². The van der Waals surface area contributed by atoms with Crippen molar-refractivity contribution in [1.29, 1.82) is 0 Å². The van der Waals surface area contributed by atoms with Crippen molar-refractivity contribution in [2.75, 3.05) is 0 Å². The number of unbranched alkanes of at least 4 members (excludes halogenated alkanes) is 2. The third-order valence-corrected chi connectivity index (χ3v) is 2.46. The maximum absolute atomic E-state index is 13.1. The van der Waals surface area contributed by atoms with Crippen LogP contribution in [0.2, 0.25) is 0 Å². The minimum absolute atomic E-state index is 0.207. The van der Waals surface area contributed by atoms with Crippen molar-refractivity contribution < 1.29 is 4.39 Å². The summed E-state index contributed by atoms with van der Waals surface area (Å²) in [5, 5.41) is 0.207. The van der Waals surface area contributed by atoms with Gasteiger partial charge in [-0.05, 0) is 25.3 Å². The Kier molecular flexibility index (Phi) is 7.50. The monoisotopic (exact) mass is 216 g/mol. The molecule has 0 saturated carbocycles. The van der Waals surface area contributed by atoms with E-state index in [9.17, 15) is 4.39 Å². The average molecular weight is 217 g/mol. The van der Waals surface area contributed by atoms with Crippen LogP contribution in [0.5, 0.6) is 0 Å². The molecule has 0 N–H and O–H groups in total. The summed E-state index contributed by atoms with van der Waals surface area (Å²) in [6, 6.07) is 0. The standard InChI is InChI=1S/C12H18ClF/c1-4-7-8-9-10(5-2)12(13)11(14)6-3/h5-6H,2,4,7-9H2,1,3H3/b11-6+,12-10-. The van der Waals surface area contributed by atoms with Crippen LogP contribution < -0.4 is 0 Å². The molecule has 0 radical (unpaired) electrons. The maximum Gasteiger partial charge on any atom is 0.137 e. The normalized spacial score (nSPS) is 13.9. The lowest BCUT2D eigenvalue weighted by molar-refractivity contribution is 0.654. The van der Waals surface area contributed by atoms with E-state index in [0.29, 0.717) is 0 Å². The number of halogens is 2. The molecule has 0 aromatic heterocycles. The molecule has 0 aliphatic carbocycles. The molecule has 14 heavy (non-hydrogen) atoms. The summed E-state index contributed by atoms with van der Waals surface area (Å²) < 4.78 is 13.1. The van der Waals surface area contributed by atoms with Gasteiger partial charge in [0, 0.05) is 0 Å². The molecule has 0 bridgehead atoms. The van der Waals surface area contributed by atoms with Crippen LogP contribution in [-0.4, -0.2) is 0 Å². The van der Waals surface area contributed by atoms with Crippen LogP contribution in [0, 0.1) is 0 Å². The molecule has 80 valence electrons. The topological polar surface area (TPSA) is 0 Å². The smallest absolute Gasteiger partial charge is 0.137 e. The molecule has 0 heterocycles. The van der Waals surface area contributed by atoms with Gasteiger partial charge in [0.05, 0.1) is 5.03 Å². The van der Waals surface area contributed by atoms with Gasteiger partial charge in [0.1, 0.15) is 5.83 Å². The van der Waals surface area contributed by atoms with E-state index < -0.39 is 0 Å². The molecule has 0 unspecified atom stereocenters. The Hall–Kier alpha value is -0.560. The van der Waals surface area contributed by atoms with E-state index in [1.807, 2.05) is 0 Å². The van der Waals surface area contributed by atoms with Crippen LogP contribution in [0.1, 0.15) is 39.5 Å². The maximum atomic E-state index is 13.1. The summed E-state index contributed by atoms with van der Waals surface area (Å²) in [6.07, 6.45) is 7.13. The first-order chi connectivity index (χ1) is 6.67. The van der Waals surface area contributed by atoms with Crippen molar-refractivity contribution in [1.82, 2.24) is 0 Å². The molecule has 0 nitrogen and oxygen atoms in total. The summed E-state index contributed by atoms with van der Waals surface area (Å²) in [5.41, 5.74) is 0.802. The van der Waals surface area contributed by atoms with E-state index in [1.165, 1.54) is 6.08 Å². The molecule has 0 atom stereocenters. The number of rotatable bonds is 6. The fourth-order valence-electron chi connectivity index (χ4n) is 1.15. The second kappa shape index (κ2) is 7.81. The van der Waals surface area contributed by atoms with Gasteiger partial charge in [-0.2, -0.15) is 0 Å². The Balaban J connectivity index is 4.43. The molecule has 0 aromatic carbocycles. The molecular weight excluding hydrogens is 199 g/mol. The predicted molar refractivity (Wildman–Crippen MR) is 62.1 cm³/mol. The molecular formula is C12H18ClF. The molecule has 0 aromatic rings. The summed E-state index contributed by atoms with van der Waals surface area (Å²) in [6.45, 7) is 7.40. The van der Waals surface area contributed by atoms with Crippen LogP contribution in [0.15, 0.2) is 35.2 Å². The van der Waals surface area contributed by atoms with Gasteiger partial charge in [0.2, 0.25) is 0 Å². The van der Waals surface area contributed by atoms with Gasteiger partial charge in [-0.15, -0.1) is 0 Å². The van der Waals surface area contributed by atoms with E-state index in [0.717, 1.165) is 31.3 Å². The zero-order chi connectivity index (χ0) is 11.0. The third kappa shape index (κ3) is 4.61. The van der Waals surface area contributed by atoms with Crippen LogP contribution >= 0.6 is 11.6 Å². The highest BCUT2D eigenvalue weighted by atomic mass is 35.5. The van der Waals surface area contributed by atoms with Crippen molar-refractivity contribution in [3.8, 4) is 0 Å². The number of allylic oxidation sites excluding steroid dienone is 5. The summed E-state index contributed by atoms with van der Waals surface area (Å²) in [5.74, 6) is -0.363. The molecule has 0 saturated heterocycles. The van der Waals surface area contributed by atoms with Gasteiger partial charge in [0.15, 0.2) is 0 Å². The fourth-order valence-corrected chi connectivity index (χ4v) is 1.43. The minimum atomic E-state index is -0.363. The first kappa shape index (κ1) is 13.4. The van der Waals surface area contributed by atoms with Gasteiger partial charge in [0.25, 0.3) is 0 Å². The Morgan fingerprint density at radius 2 is 2.07 bits per heavy atom. The van der Waals surface area contributed by atoms with E-state index in [1.54, 1.807) is 13.0 Å². The van der Waals surface area contributed by atoms with Gasteiger partial charge in [-0.25, -0.2) is 4.39 Å². The predicted octanol–water partition coefficient (Wildman–Crippen LogP) is 5.12. The Bertz CT molecular complexity index is 239. The highest BCUT2D eigenvalue weighted by molar-refractivity contribution is 6.32. The van der Waals surface area contributed by atoms with Gasteiger partial charge in [-0.1, -0.05) is 50.1 Å². The number of hydrogen-bond acceptors (Lipinski definition) is 0. The van der Waals surface area contributed by atoms with E-state index >= 15 is 0 Å². The van der Waals surface area contributed by atoms with Gasteiger partial charge >= 0.3 is 0 Å². The molecule has 2 heteroatoms. The Morgan fingerprint density at radius 1 is 1.43 bits per heavy atom. The van der Waals surface area contributed by atoms with E-state index in [2.05, 4.69) is 13.5 Å². The van der Waals surface area contributed by atoms with E-state index in [-0.39, 0.29) is 10.9 Å². The van der Waals surface area contributed by atoms with Crippen molar-refractivity contribution >= 4 is 11.6 Å². The summed E-state index contributed by atoms with van der Waals surface area (Å²) in [4.78, 5) is 0. The lowest BCUT2D eigenvalue weighted by Gasteiger charge is -2.04.